The number of aromatic amines is 1. The van der Waals surface area contributed by atoms with Crippen molar-refractivity contribution in [1.29, 1.82) is 0 Å². The smallest absolute Gasteiger partial charge is 0.158 e. The van der Waals surface area contributed by atoms with Crippen LogP contribution < -0.4 is 0 Å². The Hall–Kier alpha value is -2.23. The van der Waals surface area contributed by atoms with Crippen molar-refractivity contribution in [2.24, 2.45) is 17.3 Å². The van der Waals surface area contributed by atoms with Crippen molar-refractivity contribution in [2.45, 2.75) is 71.8 Å². The maximum Gasteiger partial charge on any atom is 0.158 e. The lowest BCUT2D eigenvalue weighted by atomic mass is 9.77. The second kappa shape index (κ2) is 7.95. The molecule has 2 saturated carbocycles. The van der Waals surface area contributed by atoms with E-state index in [0.29, 0.717) is 29.4 Å². The minimum Gasteiger partial charge on any atom is -0.346 e. The Bertz CT molecular complexity index is 1760. The maximum absolute atomic E-state index is 11.7. The third-order valence-corrected chi connectivity index (χ3v) is 14.1. The van der Waals surface area contributed by atoms with Crippen LogP contribution in [0.4, 0.5) is 0 Å². The predicted octanol–water partition coefficient (Wildman–Crippen LogP) is 5.60. The summed E-state index contributed by atoms with van der Waals surface area (Å²) in [6, 6.07) is 0.668. The standard InChI is InChI=1S/C30H37N5O2S2/c1-15(2)24-25-18(5)27(38-29(25)33-26(24)22-9-35-28(31-14-32-35)17(4)16(22)3)21-7-20-6-19(21)8-23(20)34-10-30(11-34)12-39(36,37)13-30/h9,14-15,19-21,23,33H,6-8,10-13H2,1-5H3. The van der Waals surface area contributed by atoms with Gasteiger partial charge in [-0.2, -0.15) is 5.10 Å². The van der Waals surface area contributed by atoms with Gasteiger partial charge < -0.3 is 4.98 Å². The maximum atomic E-state index is 11.7. The topological polar surface area (TPSA) is 83.4 Å². The fourth-order valence-corrected chi connectivity index (χ4v) is 12.6. The molecular weight excluding hydrogens is 526 g/mol. The van der Waals surface area contributed by atoms with Gasteiger partial charge in [0.2, 0.25) is 0 Å². The third-order valence-electron chi connectivity index (χ3n) is 10.7. The first-order chi connectivity index (χ1) is 18.5. The van der Waals surface area contributed by atoms with Crippen LogP contribution in [0.25, 0.3) is 27.1 Å². The molecule has 0 aromatic carbocycles. The summed E-state index contributed by atoms with van der Waals surface area (Å²) in [5.74, 6) is 3.42. The molecule has 39 heavy (non-hydrogen) atoms. The second-order valence-corrected chi connectivity index (χ2v) is 16.6. The highest BCUT2D eigenvalue weighted by atomic mass is 32.2. The average Bonchev–Trinajstić information content (AvgIpc) is 3.64. The van der Waals surface area contributed by atoms with Crippen LogP contribution in [-0.2, 0) is 9.84 Å². The zero-order chi connectivity index (χ0) is 27.0. The summed E-state index contributed by atoms with van der Waals surface area (Å²) in [6.07, 6.45) is 7.67. The third kappa shape index (κ3) is 3.39. The Balaban J connectivity index is 1.10. The Labute approximate surface area is 233 Å². The van der Waals surface area contributed by atoms with Gasteiger partial charge in [0.25, 0.3) is 0 Å². The predicted molar refractivity (Wildman–Crippen MR) is 156 cm³/mol. The lowest BCUT2D eigenvalue weighted by molar-refractivity contribution is -0.0295. The number of pyridine rings is 1. The van der Waals surface area contributed by atoms with E-state index in [-0.39, 0.29) is 5.41 Å². The first kappa shape index (κ1) is 24.6. The monoisotopic (exact) mass is 563 g/mol. The van der Waals surface area contributed by atoms with Crippen LogP contribution in [0.15, 0.2) is 12.5 Å². The SMILES string of the molecule is Cc1c(-c2[nH]c3sc(C4CC5CC4CC5N4CC5(C4)CS(=O)(=O)C5)c(C)c3c2C(C)C)cn2ncnc2c1C. The summed E-state index contributed by atoms with van der Waals surface area (Å²) in [7, 11) is -2.74. The lowest BCUT2D eigenvalue weighted by Gasteiger charge is -2.58. The van der Waals surface area contributed by atoms with Crippen molar-refractivity contribution in [3.05, 3.63) is 39.7 Å². The van der Waals surface area contributed by atoms with E-state index in [9.17, 15) is 8.42 Å². The number of H-pyrrole nitrogens is 1. The summed E-state index contributed by atoms with van der Waals surface area (Å²) in [5, 5.41) is 5.88. The molecular formula is C30H37N5O2S2. The molecule has 0 amide bonds. The number of fused-ring (bicyclic) bond motifs is 4. The van der Waals surface area contributed by atoms with E-state index in [1.54, 1.807) is 11.2 Å². The van der Waals surface area contributed by atoms with Crippen molar-refractivity contribution >= 4 is 37.0 Å². The number of rotatable bonds is 4. The number of hydrogen-bond donors (Lipinski definition) is 1. The van der Waals surface area contributed by atoms with E-state index >= 15 is 0 Å². The Morgan fingerprint density at radius 3 is 2.49 bits per heavy atom. The summed E-state index contributed by atoms with van der Waals surface area (Å²) >= 11 is 1.99. The minimum absolute atomic E-state index is 0.101. The van der Waals surface area contributed by atoms with Crippen LogP contribution >= 0.6 is 11.3 Å². The van der Waals surface area contributed by atoms with Gasteiger partial charge in [-0.15, -0.1) is 11.3 Å². The van der Waals surface area contributed by atoms with Gasteiger partial charge in [-0.05, 0) is 86.0 Å². The van der Waals surface area contributed by atoms with Gasteiger partial charge in [-0.1, -0.05) is 13.8 Å². The van der Waals surface area contributed by atoms with Gasteiger partial charge in [-0.3, -0.25) is 4.90 Å². The second-order valence-electron chi connectivity index (χ2n) is 13.5. The first-order valence-corrected chi connectivity index (χ1v) is 17.1. The van der Waals surface area contributed by atoms with Crippen LogP contribution in [0.5, 0.6) is 0 Å². The number of aromatic nitrogens is 4. The molecule has 2 aliphatic carbocycles. The highest BCUT2D eigenvalue weighted by Gasteiger charge is 2.60. The molecule has 2 saturated heterocycles. The van der Waals surface area contributed by atoms with Crippen molar-refractivity contribution in [2.75, 3.05) is 24.6 Å². The van der Waals surface area contributed by atoms with Gasteiger partial charge in [-0.25, -0.2) is 17.9 Å². The zero-order valence-corrected chi connectivity index (χ0v) is 25.0. The Morgan fingerprint density at radius 2 is 1.82 bits per heavy atom. The number of nitrogens with zero attached hydrogens (tertiary/aromatic N) is 4. The molecule has 1 N–H and O–H groups in total. The van der Waals surface area contributed by atoms with E-state index in [4.69, 9.17) is 0 Å². The summed E-state index contributed by atoms with van der Waals surface area (Å²) in [6.45, 7) is 13.3. The number of sulfone groups is 1. The van der Waals surface area contributed by atoms with Gasteiger partial charge in [0.15, 0.2) is 15.5 Å². The molecule has 4 fully saturated rings. The van der Waals surface area contributed by atoms with E-state index in [1.165, 1.54) is 63.0 Å². The van der Waals surface area contributed by atoms with E-state index in [2.05, 4.69) is 60.8 Å². The molecule has 4 unspecified atom stereocenters. The zero-order valence-electron chi connectivity index (χ0n) is 23.4. The average molecular weight is 564 g/mol. The van der Waals surface area contributed by atoms with Crippen LogP contribution in [0.3, 0.4) is 0 Å². The summed E-state index contributed by atoms with van der Waals surface area (Å²) < 4.78 is 25.4. The fourth-order valence-electron chi connectivity index (χ4n) is 8.98. The molecule has 4 aromatic heterocycles. The number of thiophene rings is 1. The van der Waals surface area contributed by atoms with Crippen molar-refractivity contribution in [3.63, 3.8) is 0 Å². The van der Waals surface area contributed by atoms with Gasteiger partial charge in [0.1, 0.15) is 11.2 Å². The minimum atomic E-state index is -2.74. The number of nitrogens with one attached hydrogen (secondary N) is 1. The van der Waals surface area contributed by atoms with Crippen LogP contribution in [0.1, 0.15) is 72.1 Å². The molecule has 7 nitrogen and oxygen atoms in total. The molecule has 6 heterocycles. The number of aryl methyl sites for hydroxylation is 2. The Kier molecular flexibility index (Phi) is 5.00. The van der Waals surface area contributed by atoms with Gasteiger partial charge >= 0.3 is 0 Å². The highest BCUT2D eigenvalue weighted by Crippen LogP contribution is 2.59. The number of likely N-dealkylation sites (tertiary alicyclic amines) is 1. The van der Waals surface area contributed by atoms with Crippen LogP contribution in [0, 0.1) is 38.0 Å². The van der Waals surface area contributed by atoms with Crippen molar-refractivity contribution in [1.82, 2.24) is 24.5 Å². The molecule has 4 aliphatic rings. The fraction of sp³-hybridized carbons (Fsp3) is 0.600. The normalized spacial score (nSPS) is 29.2. The van der Waals surface area contributed by atoms with Crippen LogP contribution in [-0.4, -0.2) is 63.5 Å². The van der Waals surface area contributed by atoms with E-state index in [1.807, 2.05) is 15.9 Å². The Morgan fingerprint density at radius 1 is 1.05 bits per heavy atom. The molecule has 8 rings (SSSR count). The molecule has 4 atom stereocenters. The largest absolute Gasteiger partial charge is 0.346 e. The van der Waals surface area contributed by atoms with Gasteiger partial charge in [0.05, 0.1) is 17.2 Å². The van der Waals surface area contributed by atoms with E-state index < -0.39 is 9.84 Å². The molecule has 206 valence electrons. The van der Waals surface area contributed by atoms with Crippen LogP contribution in [0.2, 0.25) is 0 Å². The summed E-state index contributed by atoms with van der Waals surface area (Å²) in [5.41, 5.74) is 8.82. The lowest BCUT2D eigenvalue weighted by Crippen LogP contribution is -2.70. The van der Waals surface area contributed by atoms with E-state index in [0.717, 1.165) is 30.6 Å². The molecule has 2 bridgehead atoms. The van der Waals surface area contributed by atoms with Crippen molar-refractivity contribution in [3.8, 4) is 11.3 Å². The van der Waals surface area contributed by atoms with Crippen molar-refractivity contribution < 1.29 is 8.42 Å². The molecule has 4 aromatic rings. The summed E-state index contributed by atoms with van der Waals surface area (Å²) in [4.78, 5) is 13.9. The quantitative estimate of drug-likeness (QED) is 0.350. The molecule has 0 radical (unpaired) electrons. The molecule has 2 aliphatic heterocycles. The molecule has 9 heteroatoms. The first-order valence-electron chi connectivity index (χ1n) is 14.4. The highest BCUT2D eigenvalue weighted by molar-refractivity contribution is 7.92. The van der Waals surface area contributed by atoms with Gasteiger partial charge in [0, 0.05) is 46.6 Å². The molecule has 1 spiro atoms. The number of hydrogen-bond acceptors (Lipinski definition) is 6.